The van der Waals surface area contributed by atoms with E-state index in [1.165, 1.54) is 0 Å². The van der Waals surface area contributed by atoms with Crippen LogP contribution in [0.15, 0.2) is 30.6 Å². The summed E-state index contributed by atoms with van der Waals surface area (Å²) >= 11 is 6.02. The van der Waals surface area contributed by atoms with Crippen molar-refractivity contribution in [3.05, 3.63) is 47.0 Å². The highest BCUT2D eigenvalue weighted by Gasteiger charge is 2.05. The maximum Gasteiger partial charge on any atom is 0.146 e. The third kappa shape index (κ3) is 2.78. The molecule has 0 saturated heterocycles. The van der Waals surface area contributed by atoms with E-state index in [1.807, 2.05) is 17.8 Å². The third-order valence-electron chi connectivity index (χ3n) is 2.46. The van der Waals surface area contributed by atoms with Crippen molar-refractivity contribution < 1.29 is 9.84 Å². The smallest absolute Gasteiger partial charge is 0.146 e. The molecule has 0 aliphatic heterocycles. The molecule has 0 spiro atoms. The van der Waals surface area contributed by atoms with Gasteiger partial charge < -0.3 is 14.4 Å². The predicted molar refractivity (Wildman–Crippen MR) is 64.9 cm³/mol. The molecule has 1 N–H and O–H groups in total. The molecule has 0 amide bonds. The number of hydrogen-bond donors (Lipinski definition) is 1. The number of aryl methyl sites for hydroxylation is 1. The first-order valence-electron chi connectivity index (χ1n) is 5.19. The van der Waals surface area contributed by atoms with Crippen LogP contribution in [0.4, 0.5) is 0 Å². The summed E-state index contributed by atoms with van der Waals surface area (Å²) < 4.78 is 7.45. The van der Waals surface area contributed by atoms with Gasteiger partial charge in [0.15, 0.2) is 0 Å². The zero-order valence-electron chi connectivity index (χ0n) is 9.43. The Morgan fingerprint density at radius 2 is 2.29 bits per heavy atom. The molecule has 4 nitrogen and oxygen atoms in total. The van der Waals surface area contributed by atoms with Crippen LogP contribution in [-0.2, 0) is 20.3 Å². The molecule has 0 aliphatic carbocycles. The second kappa shape index (κ2) is 5.21. The van der Waals surface area contributed by atoms with Gasteiger partial charge >= 0.3 is 0 Å². The van der Waals surface area contributed by atoms with E-state index in [9.17, 15) is 0 Å². The molecule has 17 heavy (non-hydrogen) atoms. The van der Waals surface area contributed by atoms with E-state index in [4.69, 9.17) is 21.4 Å². The van der Waals surface area contributed by atoms with Crippen LogP contribution in [-0.4, -0.2) is 14.7 Å². The Morgan fingerprint density at radius 1 is 1.47 bits per heavy atom. The fraction of sp³-hybridized carbons (Fsp3) is 0.250. The number of imidazole rings is 1. The van der Waals surface area contributed by atoms with Gasteiger partial charge in [-0.15, -0.1) is 0 Å². The topological polar surface area (TPSA) is 47.3 Å². The lowest BCUT2D eigenvalue weighted by Crippen LogP contribution is -2.03. The highest BCUT2D eigenvalue weighted by atomic mass is 35.5. The molecule has 1 aromatic heterocycles. The molecule has 0 fully saturated rings. The molecule has 0 atom stereocenters. The molecule has 0 unspecified atom stereocenters. The van der Waals surface area contributed by atoms with Crippen LogP contribution in [0.1, 0.15) is 11.4 Å². The standard InChI is InChI=1S/C12H13ClN2O2/c1-15-5-4-14-12(15)8-17-11-3-2-9(7-16)6-10(11)13/h2-6,16H,7-8H2,1H3. The maximum absolute atomic E-state index is 8.96. The van der Waals surface area contributed by atoms with E-state index in [0.717, 1.165) is 11.4 Å². The van der Waals surface area contributed by atoms with Gasteiger partial charge in [0.05, 0.1) is 11.6 Å². The van der Waals surface area contributed by atoms with Crippen molar-refractivity contribution in [3.8, 4) is 5.75 Å². The van der Waals surface area contributed by atoms with Gasteiger partial charge in [-0.3, -0.25) is 0 Å². The molecule has 90 valence electrons. The van der Waals surface area contributed by atoms with E-state index in [-0.39, 0.29) is 6.61 Å². The van der Waals surface area contributed by atoms with Crippen molar-refractivity contribution in [2.45, 2.75) is 13.2 Å². The van der Waals surface area contributed by atoms with Crippen molar-refractivity contribution in [2.75, 3.05) is 0 Å². The zero-order chi connectivity index (χ0) is 12.3. The molecule has 0 bridgehead atoms. The first-order valence-corrected chi connectivity index (χ1v) is 5.57. The summed E-state index contributed by atoms with van der Waals surface area (Å²) in [7, 11) is 1.90. The Labute approximate surface area is 104 Å². The van der Waals surface area contributed by atoms with Gasteiger partial charge in [-0.2, -0.15) is 0 Å². The van der Waals surface area contributed by atoms with Crippen LogP contribution in [0, 0.1) is 0 Å². The first kappa shape index (κ1) is 12.0. The molecule has 1 aromatic carbocycles. The number of ether oxygens (including phenoxy) is 1. The average Bonchev–Trinajstić information content (AvgIpc) is 2.73. The zero-order valence-corrected chi connectivity index (χ0v) is 10.2. The Kier molecular flexibility index (Phi) is 3.66. The molecule has 0 radical (unpaired) electrons. The number of benzene rings is 1. The van der Waals surface area contributed by atoms with E-state index in [0.29, 0.717) is 17.4 Å². The van der Waals surface area contributed by atoms with Crippen molar-refractivity contribution in [1.82, 2.24) is 9.55 Å². The van der Waals surface area contributed by atoms with Gasteiger partial charge in [0.1, 0.15) is 18.2 Å². The van der Waals surface area contributed by atoms with Gasteiger partial charge in [0, 0.05) is 19.4 Å². The minimum atomic E-state index is -0.0284. The fourth-order valence-corrected chi connectivity index (χ4v) is 1.70. The Bertz CT molecular complexity index is 511. The summed E-state index contributed by atoms with van der Waals surface area (Å²) in [4.78, 5) is 4.15. The number of hydrogen-bond acceptors (Lipinski definition) is 3. The van der Waals surface area contributed by atoms with Crippen LogP contribution < -0.4 is 4.74 Å². The molecule has 0 aliphatic rings. The minimum absolute atomic E-state index is 0.0284. The number of nitrogens with zero attached hydrogens (tertiary/aromatic N) is 2. The Hall–Kier alpha value is -1.52. The molecule has 5 heteroatoms. The summed E-state index contributed by atoms with van der Waals surface area (Å²) in [6.07, 6.45) is 3.57. The van der Waals surface area contributed by atoms with Crippen LogP contribution in [0.3, 0.4) is 0 Å². The quantitative estimate of drug-likeness (QED) is 0.907. The van der Waals surface area contributed by atoms with Crippen LogP contribution in [0.25, 0.3) is 0 Å². The number of aliphatic hydroxyl groups excluding tert-OH is 1. The van der Waals surface area contributed by atoms with Gasteiger partial charge in [0.2, 0.25) is 0 Å². The van der Waals surface area contributed by atoms with E-state index >= 15 is 0 Å². The lowest BCUT2D eigenvalue weighted by Gasteiger charge is -2.08. The summed E-state index contributed by atoms with van der Waals surface area (Å²) in [5.41, 5.74) is 0.763. The normalized spacial score (nSPS) is 10.5. The van der Waals surface area contributed by atoms with Crippen LogP contribution in [0.5, 0.6) is 5.75 Å². The van der Waals surface area contributed by atoms with Crippen LogP contribution >= 0.6 is 11.6 Å². The molecule has 0 saturated carbocycles. The monoisotopic (exact) mass is 252 g/mol. The predicted octanol–water partition coefficient (Wildman–Crippen LogP) is 2.14. The van der Waals surface area contributed by atoms with Crippen molar-refractivity contribution in [3.63, 3.8) is 0 Å². The molecular weight excluding hydrogens is 240 g/mol. The molecular formula is C12H13ClN2O2. The SMILES string of the molecule is Cn1ccnc1COc1ccc(CO)cc1Cl. The van der Waals surface area contributed by atoms with Gasteiger partial charge in [-0.1, -0.05) is 17.7 Å². The maximum atomic E-state index is 8.96. The Morgan fingerprint density at radius 3 is 2.88 bits per heavy atom. The second-order valence-corrected chi connectivity index (χ2v) is 4.07. The lowest BCUT2D eigenvalue weighted by molar-refractivity contribution is 0.279. The molecule has 2 rings (SSSR count). The van der Waals surface area contributed by atoms with E-state index in [1.54, 1.807) is 24.4 Å². The minimum Gasteiger partial charge on any atom is -0.484 e. The molecule has 2 aromatic rings. The number of rotatable bonds is 4. The summed E-state index contributed by atoms with van der Waals surface area (Å²) in [5.74, 6) is 1.42. The Balaban J connectivity index is 2.07. The number of halogens is 1. The first-order chi connectivity index (χ1) is 8.20. The van der Waals surface area contributed by atoms with Crippen LogP contribution in [0.2, 0.25) is 5.02 Å². The van der Waals surface area contributed by atoms with Gasteiger partial charge in [-0.05, 0) is 17.7 Å². The summed E-state index contributed by atoms with van der Waals surface area (Å²) in [5, 5.41) is 9.45. The van der Waals surface area contributed by atoms with Crippen molar-refractivity contribution >= 4 is 11.6 Å². The molecule has 1 heterocycles. The second-order valence-electron chi connectivity index (χ2n) is 3.67. The fourth-order valence-electron chi connectivity index (χ4n) is 1.44. The number of aromatic nitrogens is 2. The third-order valence-corrected chi connectivity index (χ3v) is 2.75. The highest BCUT2D eigenvalue weighted by Crippen LogP contribution is 2.26. The number of aliphatic hydroxyl groups is 1. The average molecular weight is 253 g/mol. The van der Waals surface area contributed by atoms with E-state index in [2.05, 4.69) is 4.98 Å². The van der Waals surface area contributed by atoms with E-state index < -0.39 is 0 Å². The largest absolute Gasteiger partial charge is 0.484 e. The summed E-state index contributed by atoms with van der Waals surface area (Å²) in [6.45, 7) is 0.334. The highest BCUT2D eigenvalue weighted by molar-refractivity contribution is 6.32. The van der Waals surface area contributed by atoms with Gasteiger partial charge in [0.25, 0.3) is 0 Å². The summed E-state index contributed by atoms with van der Waals surface area (Å²) in [6, 6.07) is 5.21. The van der Waals surface area contributed by atoms with Crippen molar-refractivity contribution in [2.24, 2.45) is 7.05 Å². The van der Waals surface area contributed by atoms with Gasteiger partial charge in [-0.25, -0.2) is 4.98 Å². The van der Waals surface area contributed by atoms with Crippen molar-refractivity contribution in [1.29, 1.82) is 0 Å². The lowest BCUT2D eigenvalue weighted by atomic mass is 10.2.